The first-order valence-electron chi connectivity index (χ1n) is 6.86. The number of amides is 1. The van der Waals surface area contributed by atoms with E-state index >= 15 is 0 Å². The smallest absolute Gasteiger partial charge is 0.414 e. The van der Waals surface area contributed by atoms with Crippen LogP contribution in [0.3, 0.4) is 0 Å². The van der Waals surface area contributed by atoms with E-state index in [0.717, 1.165) is 5.69 Å². The average molecular weight is 288 g/mol. The summed E-state index contributed by atoms with van der Waals surface area (Å²) in [6.07, 6.45) is 6.45. The van der Waals surface area contributed by atoms with Crippen molar-refractivity contribution < 1.29 is 9.53 Å². The third-order valence-electron chi connectivity index (χ3n) is 2.72. The summed E-state index contributed by atoms with van der Waals surface area (Å²) in [4.78, 5) is 17.8. The fourth-order valence-corrected chi connectivity index (χ4v) is 1.82. The molecule has 0 fully saturated rings. The van der Waals surface area contributed by atoms with Crippen LogP contribution in [0.4, 0.5) is 10.5 Å². The van der Waals surface area contributed by atoms with Gasteiger partial charge in [0.2, 0.25) is 0 Å². The molecule has 6 heteroatoms. The minimum Gasteiger partial charge on any atom is -0.443 e. The van der Waals surface area contributed by atoms with Crippen molar-refractivity contribution in [1.29, 1.82) is 0 Å². The Bertz CT molecular complexity index is 602. The average Bonchev–Trinajstić information content (AvgIpc) is 2.88. The van der Waals surface area contributed by atoms with E-state index in [1.807, 2.05) is 39.8 Å². The fourth-order valence-electron chi connectivity index (χ4n) is 1.82. The van der Waals surface area contributed by atoms with Crippen LogP contribution >= 0.6 is 0 Å². The summed E-state index contributed by atoms with van der Waals surface area (Å²) in [7, 11) is 0. The predicted molar refractivity (Wildman–Crippen MR) is 80.6 cm³/mol. The zero-order chi connectivity index (χ0) is 15.5. The van der Waals surface area contributed by atoms with Crippen molar-refractivity contribution in [3.05, 3.63) is 36.9 Å². The Morgan fingerprint density at radius 2 is 2.14 bits per heavy atom. The largest absolute Gasteiger partial charge is 0.443 e. The van der Waals surface area contributed by atoms with Crippen molar-refractivity contribution in [2.45, 2.75) is 33.3 Å². The Kier molecular flexibility index (Phi) is 4.26. The van der Waals surface area contributed by atoms with Crippen molar-refractivity contribution >= 4 is 11.8 Å². The van der Waals surface area contributed by atoms with Crippen LogP contribution in [-0.4, -0.2) is 33.0 Å². The minimum absolute atomic E-state index is 0.379. The van der Waals surface area contributed by atoms with Gasteiger partial charge in [-0.2, -0.15) is 5.10 Å². The predicted octanol–water partition coefficient (Wildman–Crippen LogP) is 3.03. The highest BCUT2D eigenvalue weighted by Crippen LogP contribution is 2.19. The normalized spacial score (nSPS) is 11.2. The highest BCUT2D eigenvalue weighted by Gasteiger charge is 2.23. The van der Waals surface area contributed by atoms with Gasteiger partial charge in [-0.3, -0.25) is 9.88 Å². The lowest BCUT2D eigenvalue weighted by atomic mass is 10.2. The molecule has 0 spiro atoms. The summed E-state index contributed by atoms with van der Waals surface area (Å²) in [5.41, 5.74) is 1.00. The number of carbonyl (C=O) groups excluding carboxylic acids is 1. The topological polar surface area (TPSA) is 60.3 Å². The Morgan fingerprint density at radius 3 is 2.71 bits per heavy atom. The summed E-state index contributed by atoms with van der Waals surface area (Å²) in [6.45, 7) is 7.94. The molecule has 112 valence electrons. The highest BCUT2D eigenvalue weighted by atomic mass is 16.6. The van der Waals surface area contributed by atoms with E-state index in [2.05, 4.69) is 10.1 Å². The molecule has 2 aromatic rings. The van der Waals surface area contributed by atoms with Gasteiger partial charge in [0.25, 0.3) is 0 Å². The molecule has 2 aromatic heterocycles. The van der Waals surface area contributed by atoms with Crippen LogP contribution in [0.25, 0.3) is 5.69 Å². The van der Waals surface area contributed by atoms with E-state index in [9.17, 15) is 4.79 Å². The van der Waals surface area contributed by atoms with E-state index in [1.165, 1.54) is 0 Å². The van der Waals surface area contributed by atoms with Crippen molar-refractivity contribution in [1.82, 2.24) is 14.8 Å². The summed E-state index contributed by atoms with van der Waals surface area (Å²) in [6, 6.07) is 3.73. The molecule has 0 bridgehead atoms. The Hall–Kier alpha value is -2.37. The van der Waals surface area contributed by atoms with Crippen LogP contribution < -0.4 is 4.90 Å². The van der Waals surface area contributed by atoms with Crippen molar-refractivity contribution in [3.63, 3.8) is 0 Å². The monoisotopic (exact) mass is 288 g/mol. The first-order chi connectivity index (χ1) is 9.90. The van der Waals surface area contributed by atoms with Crippen molar-refractivity contribution in [2.75, 3.05) is 11.4 Å². The number of nitrogens with zero attached hydrogens (tertiary/aromatic N) is 4. The molecule has 0 unspecified atom stereocenters. The van der Waals surface area contributed by atoms with Gasteiger partial charge in [0.1, 0.15) is 5.60 Å². The number of anilines is 1. The number of hydrogen-bond acceptors (Lipinski definition) is 4. The number of pyridine rings is 1. The molecule has 0 N–H and O–H groups in total. The molecule has 0 aliphatic carbocycles. The van der Waals surface area contributed by atoms with Crippen LogP contribution in [0.15, 0.2) is 36.9 Å². The van der Waals surface area contributed by atoms with E-state index < -0.39 is 5.60 Å². The zero-order valence-corrected chi connectivity index (χ0v) is 12.8. The zero-order valence-electron chi connectivity index (χ0n) is 12.8. The number of aromatic nitrogens is 3. The van der Waals surface area contributed by atoms with E-state index in [1.54, 1.807) is 34.4 Å². The standard InChI is InChI=1S/C15H20N4O2/c1-5-18(14(20)21-15(2,3)4)13-10-17-19(11-13)12-7-6-8-16-9-12/h6-11H,5H2,1-4H3. The second-order valence-corrected chi connectivity index (χ2v) is 5.58. The minimum atomic E-state index is -0.524. The first kappa shape index (κ1) is 15.0. The molecular weight excluding hydrogens is 268 g/mol. The van der Waals surface area contributed by atoms with Gasteiger partial charge in [0.05, 0.1) is 30.0 Å². The molecule has 6 nitrogen and oxygen atoms in total. The summed E-state index contributed by atoms with van der Waals surface area (Å²) in [5.74, 6) is 0. The molecule has 0 saturated carbocycles. The van der Waals surface area contributed by atoms with Crippen LogP contribution in [0.2, 0.25) is 0 Å². The number of carbonyl (C=O) groups is 1. The van der Waals surface area contributed by atoms with Gasteiger partial charge in [-0.05, 0) is 39.8 Å². The van der Waals surface area contributed by atoms with Gasteiger partial charge in [-0.1, -0.05) is 0 Å². The molecular formula is C15H20N4O2. The quantitative estimate of drug-likeness (QED) is 0.871. The lowest BCUT2D eigenvalue weighted by Crippen LogP contribution is -2.36. The second-order valence-electron chi connectivity index (χ2n) is 5.58. The lowest BCUT2D eigenvalue weighted by molar-refractivity contribution is 0.0582. The lowest BCUT2D eigenvalue weighted by Gasteiger charge is -2.25. The van der Waals surface area contributed by atoms with E-state index in [0.29, 0.717) is 12.2 Å². The van der Waals surface area contributed by atoms with Gasteiger partial charge in [-0.15, -0.1) is 0 Å². The molecule has 2 heterocycles. The van der Waals surface area contributed by atoms with E-state index in [-0.39, 0.29) is 6.09 Å². The Morgan fingerprint density at radius 1 is 1.38 bits per heavy atom. The maximum absolute atomic E-state index is 12.2. The molecule has 0 atom stereocenters. The third kappa shape index (κ3) is 3.81. The number of ether oxygens (including phenoxy) is 1. The molecule has 2 rings (SSSR count). The molecule has 0 aliphatic heterocycles. The van der Waals surface area contributed by atoms with E-state index in [4.69, 9.17) is 4.74 Å². The third-order valence-corrected chi connectivity index (χ3v) is 2.72. The van der Waals surface area contributed by atoms with Gasteiger partial charge < -0.3 is 4.74 Å². The van der Waals surface area contributed by atoms with Crippen LogP contribution in [-0.2, 0) is 4.74 Å². The fraction of sp³-hybridized carbons (Fsp3) is 0.400. The van der Waals surface area contributed by atoms with Crippen molar-refractivity contribution in [2.24, 2.45) is 0 Å². The summed E-state index contributed by atoms with van der Waals surface area (Å²) in [5, 5.41) is 4.26. The van der Waals surface area contributed by atoms with Crippen molar-refractivity contribution in [3.8, 4) is 5.69 Å². The molecule has 0 aliphatic rings. The molecule has 21 heavy (non-hydrogen) atoms. The van der Waals surface area contributed by atoms with Gasteiger partial charge in [0.15, 0.2) is 0 Å². The molecule has 0 saturated heterocycles. The Balaban J connectivity index is 2.20. The molecule has 0 radical (unpaired) electrons. The number of hydrogen-bond donors (Lipinski definition) is 0. The maximum atomic E-state index is 12.2. The van der Waals surface area contributed by atoms with Gasteiger partial charge in [0, 0.05) is 12.7 Å². The first-order valence-corrected chi connectivity index (χ1v) is 6.86. The summed E-state index contributed by atoms with van der Waals surface area (Å²) < 4.78 is 7.07. The molecule has 0 aromatic carbocycles. The summed E-state index contributed by atoms with van der Waals surface area (Å²) >= 11 is 0. The SMILES string of the molecule is CCN(C(=O)OC(C)(C)C)c1cnn(-c2cccnc2)c1. The highest BCUT2D eigenvalue weighted by molar-refractivity contribution is 5.87. The number of rotatable bonds is 3. The van der Waals surface area contributed by atoms with Gasteiger partial charge in [-0.25, -0.2) is 9.48 Å². The second kappa shape index (κ2) is 5.95. The van der Waals surface area contributed by atoms with Crippen LogP contribution in [0.1, 0.15) is 27.7 Å². The molecule has 1 amide bonds. The maximum Gasteiger partial charge on any atom is 0.414 e. The van der Waals surface area contributed by atoms with Crippen LogP contribution in [0, 0.1) is 0 Å². The van der Waals surface area contributed by atoms with Crippen LogP contribution in [0.5, 0.6) is 0 Å². The van der Waals surface area contributed by atoms with Gasteiger partial charge >= 0.3 is 6.09 Å². The Labute approximate surface area is 124 Å².